The summed E-state index contributed by atoms with van der Waals surface area (Å²) in [7, 11) is 0.935. The molecule has 0 atom stereocenters. The third kappa shape index (κ3) is 4.15. The summed E-state index contributed by atoms with van der Waals surface area (Å²) in [4.78, 5) is 14.5. The van der Waals surface area contributed by atoms with E-state index in [1.807, 2.05) is 0 Å². The monoisotopic (exact) mass is 333 g/mol. The van der Waals surface area contributed by atoms with Crippen molar-refractivity contribution >= 4 is 5.97 Å². The van der Waals surface area contributed by atoms with Crippen molar-refractivity contribution in [2.24, 2.45) is 0 Å². The second-order valence-electron chi connectivity index (χ2n) is 3.65. The van der Waals surface area contributed by atoms with E-state index in [0.29, 0.717) is 6.20 Å². The Kier molecular flexibility index (Phi) is 5.09. The van der Waals surface area contributed by atoms with E-state index in [9.17, 15) is 31.1 Å². The first-order valence-corrected chi connectivity index (χ1v) is 5.58. The van der Waals surface area contributed by atoms with Gasteiger partial charge < -0.3 is 14.2 Å². The first-order valence-electron chi connectivity index (χ1n) is 5.58. The minimum Gasteiger partial charge on any atom is -0.494 e. The summed E-state index contributed by atoms with van der Waals surface area (Å²) in [5.74, 6) is -3.94. The number of hydrogen-bond acceptors (Lipinski definition) is 5. The third-order valence-corrected chi connectivity index (χ3v) is 2.19. The van der Waals surface area contributed by atoms with Crippen molar-refractivity contribution in [2.75, 3.05) is 13.7 Å². The minimum absolute atomic E-state index is 0.281. The van der Waals surface area contributed by atoms with Crippen molar-refractivity contribution < 1.29 is 45.3 Å². The molecule has 1 heterocycles. The van der Waals surface area contributed by atoms with Crippen LogP contribution < -0.4 is 9.47 Å². The number of alkyl halides is 6. The molecule has 0 aliphatic heterocycles. The molecule has 0 aliphatic carbocycles. The molecule has 0 fully saturated rings. The van der Waals surface area contributed by atoms with Gasteiger partial charge in [-0.15, -0.1) is 13.2 Å². The fourth-order valence-electron chi connectivity index (χ4n) is 1.44. The summed E-state index contributed by atoms with van der Waals surface area (Å²) in [5, 5.41) is 0. The van der Waals surface area contributed by atoms with Gasteiger partial charge in [0.05, 0.1) is 19.9 Å². The molecule has 11 heteroatoms. The lowest BCUT2D eigenvalue weighted by Crippen LogP contribution is -2.24. The van der Waals surface area contributed by atoms with Gasteiger partial charge in [-0.25, -0.2) is 9.78 Å². The molecule has 0 aliphatic rings. The van der Waals surface area contributed by atoms with E-state index in [1.165, 1.54) is 6.92 Å². The Morgan fingerprint density at radius 2 is 1.82 bits per heavy atom. The zero-order valence-corrected chi connectivity index (χ0v) is 11.1. The van der Waals surface area contributed by atoms with Crippen LogP contribution in [0.4, 0.5) is 26.3 Å². The average molecular weight is 333 g/mol. The van der Waals surface area contributed by atoms with E-state index in [0.717, 1.165) is 7.11 Å². The van der Waals surface area contributed by atoms with Crippen molar-refractivity contribution in [3.8, 4) is 11.5 Å². The number of hydrogen-bond donors (Lipinski definition) is 0. The van der Waals surface area contributed by atoms with Crippen molar-refractivity contribution in [1.82, 2.24) is 4.98 Å². The standard InChI is InChI=1S/C11H9F6NO4/c1-3-21-9(19)6-5(20-2)4-18-8(10(12,13)14)7(6)22-11(15,16)17/h4H,3H2,1-2H3. The molecule has 5 nitrogen and oxygen atoms in total. The van der Waals surface area contributed by atoms with E-state index in [1.54, 1.807) is 0 Å². The Bertz CT molecular complexity index is 555. The second kappa shape index (κ2) is 6.28. The SMILES string of the molecule is CCOC(=O)c1c(OC)cnc(C(F)(F)F)c1OC(F)(F)F. The van der Waals surface area contributed by atoms with Crippen molar-refractivity contribution in [2.45, 2.75) is 19.5 Å². The molecular weight excluding hydrogens is 324 g/mol. The fraction of sp³-hybridized carbons (Fsp3) is 0.455. The lowest BCUT2D eigenvalue weighted by atomic mass is 10.1. The predicted octanol–water partition coefficient (Wildman–Crippen LogP) is 3.18. The molecule has 0 aromatic carbocycles. The van der Waals surface area contributed by atoms with E-state index in [4.69, 9.17) is 0 Å². The number of ether oxygens (including phenoxy) is 3. The Labute approximate surface area is 119 Å². The quantitative estimate of drug-likeness (QED) is 0.626. The number of esters is 1. The number of pyridine rings is 1. The largest absolute Gasteiger partial charge is 0.573 e. The van der Waals surface area contributed by atoms with Crippen molar-refractivity contribution in [3.05, 3.63) is 17.5 Å². The fourth-order valence-corrected chi connectivity index (χ4v) is 1.44. The molecular formula is C11H9F6NO4. The Morgan fingerprint density at radius 3 is 2.23 bits per heavy atom. The number of methoxy groups -OCH3 is 1. The summed E-state index contributed by atoms with van der Waals surface area (Å²) in [6, 6.07) is 0. The van der Waals surface area contributed by atoms with Gasteiger partial charge >= 0.3 is 18.5 Å². The van der Waals surface area contributed by atoms with Gasteiger partial charge in [0, 0.05) is 0 Å². The highest BCUT2D eigenvalue weighted by Crippen LogP contribution is 2.42. The topological polar surface area (TPSA) is 57.7 Å². The number of nitrogens with zero attached hydrogens (tertiary/aromatic N) is 1. The molecule has 124 valence electrons. The molecule has 1 aromatic heterocycles. The summed E-state index contributed by atoms with van der Waals surface area (Å²) in [6.45, 7) is 1.04. The maximum absolute atomic E-state index is 12.8. The first kappa shape index (κ1) is 17.9. The van der Waals surface area contributed by atoms with E-state index >= 15 is 0 Å². The van der Waals surface area contributed by atoms with Crippen molar-refractivity contribution in [1.29, 1.82) is 0 Å². The molecule has 0 bridgehead atoms. The van der Waals surface area contributed by atoms with Gasteiger partial charge in [-0.1, -0.05) is 0 Å². The van der Waals surface area contributed by atoms with Gasteiger partial charge in [0.25, 0.3) is 0 Å². The van der Waals surface area contributed by atoms with Gasteiger partial charge in [-0.3, -0.25) is 0 Å². The molecule has 0 saturated heterocycles. The van der Waals surface area contributed by atoms with Crippen LogP contribution >= 0.6 is 0 Å². The molecule has 0 spiro atoms. The number of rotatable bonds is 4. The third-order valence-electron chi connectivity index (χ3n) is 2.19. The Morgan fingerprint density at radius 1 is 1.23 bits per heavy atom. The zero-order chi connectivity index (χ0) is 17.1. The normalized spacial score (nSPS) is 12.0. The predicted molar refractivity (Wildman–Crippen MR) is 58.4 cm³/mol. The highest BCUT2D eigenvalue weighted by Gasteiger charge is 2.44. The van der Waals surface area contributed by atoms with Crippen LogP contribution in [0.3, 0.4) is 0 Å². The van der Waals surface area contributed by atoms with E-state index in [-0.39, 0.29) is 6.61 Å². The van der Waals surface area contributed by atoms with Crippen LogP contribution in [0.25, 0.3) is 0 Å². The highest BCUT2D eigenvalue weighted by molar-refractivity contribution is 5.96. The summed E-state index contributed by atoms with van der Waals surface area (Å²) in [6.07, 6.45) is -10.3. The molecule has 22 heavy (non-hydrogen) atoms. The zero-order valence-electron chi connectivity index (χ0n) is 11.1. The first-order chi connectivity index (χ1) is 10.0. The maximum atomic E-state index is 12.8. The summed E-state index contributed by atoms with van der Waals surface area (Å²) < 4.78 is 87.8. The molecule has 0 N–H and O–H groups in total. The number of aromatic nitrogens is 1. The second-order valence-corrected chi connectivity index (χ2v) is 3.65. The molecule has 0 amide bonds. The molecule has 0 radical (unpaired) electrons. The number of carbonyl (C=O) groups excluding carboxylic acids is 1. The van der Waals surface area contributed by atoms with Crippen LogP contribution in [0.2, 0.25) is 0 Å². The van der Waals surface area contributed by atoms with Gasteiger partial charge in [-0.2, -0.15) is 13.2 Å². The number of carbonyl (C=O) groups is 1. The van der Waals surface area contributed by atoms with Crippen LogP contribution in [0.1, 0.15) is 23.0 Å². The van der Waals surface area contributed by atoms with Crippen LogP contribution in [-0.2, 0) is 10.9 Å². The minimum atomic E-state index is -5.48. The van der Waals surface area contributed by atoms with Gasteiger partial charge in [0.15, 0.2) is 17.2 Å². The van der Waals surface area contributed by atoms with Gasteiger partial charge in [0.1, 0.15) is 5.56 Å². The number of halogens is 6. The van der Waals surface area contributed by atoms with Crippen LogP contribution in [0.5, 0.6) is 11.5 Å². The smallest absolute Gasteiger partial charge is 0.494 e. The van der Waals surface area contributed by atoms with Crippen LogP contribution in [0, 0.1) is 0 Å². The summed E-state index contributed by atoms with van der Waals surface area (Å²) in [5.41, 5.74) is -3.17. The molecule has 1 aromatic rings. The Hall–Kier alpha value is -2.20. The molecule has 1 rings (SSSR count). The molecule has 0 saturated carbocycles. The lowest BCUT2D eigenvalue weighted by Gasteiger charge is -2.18. The van der Waals surface area contributed by atoms with Gasteiger partial charge in [0.2, 0.25) is 0 Å². The van der Waals surface area contributed by atoms with E-state index < -0.39 is 41.3 Å². The van der Waals surface area contributed by atoms with E-state index in [2.05, 4.69) is 19.2 Å². The Balaban J connectivity index is 3.63. The van der Waals surface area contributed by atoms with Gasteiger partial charge in [-0.05, 0) is 6.92 Å². The highest BCUT2D eigenvalue weighted by atomic mass is 19.4. The molecule has 0 unspecified atom stereocenters. The summed E-state index contributed by atoms with van der Waals surface area (Å²) >= 11 is 0. The van der Waals surface area contributed by atoms with Crippen molar-refractivity contribution in [3.63, 3.8) is 0 Å². The van der Waals surface area contributed by atoms with Crippen LogP contribution in [0.15, 0.2) is 6.20 Å². The maximum Gasteiger partial charge on any atom is 0.573 e. The average Bonchev–Trinajstić information content (AvgIpc) is 2.34. The lowest BCUT2D eigenvalue weighted by molar-refractivity contribution is -0.276. The van der Waals surface area contributed by atoms with Crippen LogP contribution in [-0.4, -0.2) is 31.0 Å².